The van der Waals surface area contributed by atoms with Crippen LogP contribution in [0.5, 0.6) is 0 Å². The first-order valence-electron chi connectivity index (χ1n) is 9.93. The van der Waals surface area contributed by atoms with Crippen LogP contribution >= 0.6 is 0 Å². The molecule has 0 saturated carbocycles. The Morgan fingerprint density at radius 2 is 1.48 bits per heavy atom. The van der Waals surface area contributed by atoms with E-state index in [0.717, 1.165) is 6.42 Å². The Hall–Kier alpha value is -2.86. The quantitative estimate of drug-likeness (QED) is 0.334. The third-order valence-electron chi connectivity index (χ3n) is 5.72. The van der Waals surface area contributed by atoms with Crippen LogP contribution in [0.1, 0.15) is 31.4 Å². The summed E-state index contributed by atoms with van der Waals surface area (Å²) in [6.45, 7) is 4.61. The molecule has 132 valence electrons. The van der Waals surface area contributed by atoms with Crippen LogP contribution in [-0.2, 0) is 6.42 Å². The van der Waals surface area contributed by atoms with Crippen molar-refractivity contribution in [2.45, 2.75) is 26.7 Å². The molecule has 0 N–H and O–H groups in total. The van der Waals surface area contributed by atoms with E-state index in [-0.39, 0.29) is 0 Å². The second-order valence-corrected chi connectivity index (χ2v) is 8.14. The lowest BCUT2D eigenvalue weighted by molar-refractivity contribution is 0.638. The van der Waals surface area contributed by atoms with Crippen LogP contribution < -0.4 is 0 Å². The highest BCUT2D eigenvalue weighted by Crippen LogP contribution is 2.39. The van der Waals surface area contributed by atoms with E-state index in [9.17, 15) is 0 Å². The number of benzene rings is 4. The molecule has 4 aromatic carbocycles. The van der Waals surface area contributed by atoms with Crippen molar-refractivity contribution in [3.63, 3.8) is 0 Å². The third kappa shape index (κ3) is 2.77. The lowest BCUT2D eigenvalue weighted by atomic mass is 9.90. The van der Waals surface area contributed by atoms with E-state index in [2.05, 4.69) is 92.7 Å². The van der Waals surface area contributed by atoms with E-state index >= 15 is 0 Å². The van der Waals surface area contributed by atoms with Gasteiger partial charge in [-0.2, -0.15) is 0 Å². The maximum atomic E-state index is 2.42. The number of hydrogen-bond donors (Lipinski definition) is 0. The minimum Gasteiger partial charge on any atom is -0.0649 e. The molecular formula is C27H24. The van der Waals surface area contributed by atoms with E-state index in [1.54, 1.807) is 5.57 Å². The van der Waals surface area contributed by atoms with Gasteiger partial charge in [0.15, 0.2) is 0 Å². The normalized spacial score (nSPS) is 13.4. The zero-order valence-electron chi connectivity index (χ0n) is 16.0. The Morgan fingerprint density at radius 1 is 0.704 bits per heavy atom. The summed E-state index contributed by atoms with van der Waals surface area (Å²) >= 11 is 0. The summed E-state index contributed by atoms with van der Waals surface area (Å²) in [7, 11) is 0. The minimum atomic E-state index is 0.706. The largest absolute Gasteiger partial charge is 0.0649 e. The number of hydrogen-bond acceptors (Lipinski definition) is 0. The monoisotopic (exact) mass is 348 g/mol. The molecule has 1 aliphatic carbocycles. The van der Waals surface area contributed by atoms with Gasteiger partial charge in [0.25, 0.3) is 0 Å². The zero-order valence-corrected chi connectivity index (χ0v) is 16.0. The summed E-state index contributed by atoms with van der Waals surface area (Å²) < 4.78 is 0. The van der Waals surface area contributed by atoms with Gasteiger partial charge in [-0.05, 0) is 62.6 Å². The maximum Gasteiger partial charge on any atom is -0.00516 e. The van der Waals surface area contributed by atoms with Crippen molar-refractivity contribution < 1.29 is 0 Å². The van der Waals surface area contributed by atoms with Gasteiger partial charge in [-0.15, -0.1) is 0 Å². The Morgan fingerprint density at radius 3 is 2.37 bits per heavy atom. The van der Waals surface area contributed by atoms with Gasteiger partial charge in [0.1, 0.15) is 0 Å². The first-order chi connectivity index (χ1) is 13.2. The summed E-state index contributed by atoms with van der Waals surface area (Å²) in [5, 5.41) is 5.34. The van der Waals surface area contributed by atoms with Crippen molar-refractivity contribution in [1.29, 1.82) is 0 Å². The first-order valence-corrected chi connectivity index (χ1v) is 9.93. The van der Waals surface area contributed by atoms with E-state index in [0.29, 0.717) is 5.92 Å². The van der Waals surface area contributed by atoms with Gasteiger partial charge in [0.05, 0.1) is 0 Å². The molecule has 0 nitrogen and oxygen atoms in total. The lowest BCUT2D eigenvalue weighted by Crippen LogP contribution is -1.94. The van der Waals surface area contributed by atoms with Gasteiger partial charge in [0.2, 0.25) is 0 Å². The predicted octanol–water partition coefficient (Wildman–Crippen LogP) is 7.65. The van der Waals surface area contributed by atoms with Crippen LogP contribution in [0, 0.1) is 5.92 Å². The Balaban J connectivity index is 1.69. The summed E-state index contributed by atoms with van der Waals surface area (Å²) in [6, 6.07) is 26.8. The predicted molar refractivity (Wildman–Crippen MR) is 118 cm³/mol. The molecule has 1 aliphatic rings. The molecule has 0 heterocycles. The molecule has 27 heavy (non-hydrogen) atoms. The molecule has 0 unspecified atom stereocenters. The number of allylic oxidation sites excluding steroid dienone is 1. The molecule has 0 radical (unpaired) electrons. The van der Waals surface area contributed by atoms with Crippen molar-refractivity contribution in [2.75, 3.05) is 0 Å². The summed E-state index contributed by atoms with van der Waals surface area (Å²) in [5.41, 5.74) is 7.21. The maximum absolute atomic E-state index is 2.42. The molecule has 0 bridgehead atoms. The summed E-state index contributed by atoms with van der Waals surface area (Å²) in [4.78, 5) is 0. The van der Waals surface area contributed by atoms with E-state index in [1.807, 2.05) is 0 Å². The van der Waals surface area contributed by atoms with Gasteiger partial charge >= 0.3 is 0 Å². The van der Waals surface area contributed by atoms with Gasteiger partial charge in [-0.25, -0.2) is 0 Å². The van der Waals surface area contributed by atoms with Gasteiger partial charge in [-0.1, -0.05) is 98.3 Å². The Kier molecular flexibility index (Phi) is 3.86. The summed E-state index contributed by atoms with van der Waals surface area (Å²) in [6.07, 6.45) is 4.70. The molecule has 0 saturated heterocycles. The third-order valence-corrected chi connectivity index (χ3v) is 5.72. The number of fused-ring (bicyclic) bond motifs is 4. The fraction of sp³-hybridized carbons (Fsp3) is 0.185. The number of rotatable bonds is 3. The van der Waals surface area contributed by atoms with Crippen LogP contribution in [0.15, 0.2) is 78.4 Å². The van der Waals surface area contributed by atoms with Crippen LogP contribution in [0.2, 0.25) is 0 Å². The standard InChI is InChI=1S/C27H24/c1-18(2)15-19-16-21-8-5-10-25(27(21)17-19)24-12-6-11-23-22-9-4-3-7-20(22)13-14-26(23)24/h3-14,16,18H,15,17H2,1-2H3. The average Bonchev–Trinajstić information content (AvgIpc) is 3.09. The lowest BCUT2D eigenvalue weighted by Gasteiger charge is -2.14. The van der Waals surface area contributed by atoms with Crippen LogP contribution in [0.4, 0.5) is 0 Å². The van der Waals surface area contributed by atoms with E-state index in [1.165, 1.54) is 50.2 Å². The average molecular weight is 348 g/mol. The Bertz CT molecular complexity index is 1190. The molecule has 5 rings (SSSR count). The minimum absolute atomic E-state index is 0.706. The van der Waals surface area contributed by atoms with E-state index in [4.69, 9.17) is 0 Å². The highest BCUT2D eigenvalue weighted by atomic mass is 14.2. The van der Waals surface area contributed by atoms with Crippen molar-refractivity contribution in [3.8, 4) is 11.1 Å². The molecule has 4 aromatic rings. The highest BCUT2D eigenvalue weighted by Gasteiger charge is 2.18. The van der Waals surface area contributed by atoms with Crippen LogP contribution in [-0.4, -0.2) is 0 Å². The molecular weight excluding hydrogens is 324 g/mol. The Labute approximate surface area is 161 Å². The second kappa shape index (κ2) is 6.39. The van der Waals surface area contributed by atoms with Crippen molar-refractivity contribution >= 4 is 27.6 Å². The van der Waals surface area contributed by atoms with Gasteiger partial charge in [-0.3, -0.25) is 0 Å². The molecule has 0 aromatic heterocycles. The van der Waals surface area contributed by atoms with Crippen LogP contribution in [0.3, 0.4) is 0 Å². The van der Waals surface area contributed by atoms with Crippen LogP contribution in [0.25, 0.3) is 38.7 Å². The fourth-order valence-corrected chi connectivity index (χ4v) is 4.62. The highest BCUT2D eigenvalue weighted by molar-refractivity contribution is 6.12. The van der Waals surface area contributed by atoms with Gasteiger partial charge < -0.3 is 0 Å². The topological polar surface area (TPSA) is 0 Å². The first kappa shape index (κ1) is 16.3. The second-order valence-electron chi connectivity index (χ2n) is 8.14. The van der Waals surface area contributed by atoms with Crippen molar-refractivity contribution in [1.82, 2.24) is 0 Å². The molecule has 0 heteroatoms. The molecule has 0 atom stereocenters. The zero-order chi connectivity index (χ0) is 18.4. The SMILES string of the molecule is CC(C)CC1=Cc2cccc(-c3cccc4c3ccc3ccccc34)c2C1. The molecule has 0 aliphatic heterocycles. The van der Waals surface area contributed by atoms with Gasteiger partial charge in [0, 0.05) is 0 Å². The summed E-state index contributed by atoms with van der Waals surface area (Å²) in [5.74, 6) is 0.706. The van der Waals surface area contributed by atoms with E-state index < -0.39 is 0 Å². The van der Waals surface area contributed by atoms with Crippen molar-refractivity contribution in [2.24, 2.45) is 5.92 Å². The molecule has 0 fully saturated rings. The fourth-order valence-electron chi connectivity index (χ4n) is 4.62. The molecule has 0 amide bonds. The molecule has 0 spiro atoms. The van der Waals surface area contributed by atoms with Crippen molar-refractivity contribution in [3.05, 3.63) is 89.5 Å². The smallest absolute Gasteiger partial charge is 0.00516 e.